The Hall–Kier alpha value is -1.99. The number of ether oxygens (including phenoxy) is 1. The van der Waals surface area contributed by atoms with E-state index in [1.165, 1.54) is 0 Å². The summed E-state index contributed by atoms with van der Waals surface area (Å²) in [6.45, 7) is 8.75. The van der Waals surface area contributed by atoms with Gasteiger partial charge in [0.15, 0.2) is 0 Å². The summed E-state index contributed by atoms with van der Waals surface area (Å²) >= 11 is 12.1. The van der Waals surface area contributed by atoms with Crippen LogP contribution in [0.15, 0.2) is 18.2 Å². The van der Waals surface area contributed by atoms with Gasteiger partial charge in [0.2, 0.25) is 5.91 Å². The molecule has 0 aromatic heterocycles. The van der Waals surface area contributed by atoms with E-state index < -0.39 is 17.6 Å². The van der Waals surface area contributed by atoms with Crippen molar-refractivity contribution in [3.8, 4) is 0 Å². The van der Waals surface area contributed by atoms with Crippen LogP contribution in [0.2, 0.25) is 10.0 Å². The van der Waals surface area contributed by atoms with Crippen molar-refractivity contribution in [2.45, 2.75) is 52.2 Å². The fourth-order valence-electron chi connectivity index (χ4n) is 3.51. The first-order valence-corrected chi connectivity index (χ1v) is 11.1. The molecule has 7 nitrogen and oxygen atoms in total. The second kappa shape index (κ2) is 10.6. The monoisotopic (exact) mass is 471 g/mol. The molecule has 1 fully saturated rings. The van der Waals surface area contributed by atoms with Crippen molar-refractivity contribution in [1.82, 2.24) is 15.1 Å². The largest absolute Gasteiger partial charge is 0.444 e. The Morgan fingerprint density at radius 2 is 1.97 bits per heavy atom. The number of piperidine rings is 1. The predicted octanol–water partition coefficient (Wildman–Crippen LogP) is 4.22. The summed E-state index contributed by atoms with van der Waals surface area (Å²) in [6.07, 6.45) is 1.37. The molecule has 0 spiro atoms. The van der Waals surface area contributed by atoms with Gasteiger partial charge in [0, 0.05) is 26.7 Å². The number of carbonyl (C=O) groups is 3. The Bertz CT molecular complexity index is 825. The van der Waals surface area contributed by atoms with Gasteiger partial charge in [0.1, 0.15) is 11.6 Å². The Morgan fingerprint density at radius 3 is 2.61 bits per heavy atom. The van der Waals surface area contributed by atoms with Crippen molar-refractivity contribution in [1.29, 1.82) is 0 Å². The first-order valence-electron chi connectivity index (χ1n) is 10.4. The number of rotatable bonds is 5. The predicted molar refractivity (Wildman–Crippen MR) is 122 cm³/mol. The highest BCUT2D eigenvalue weighted by Gasteiger charge is 2.30. The van der Waals surface area contributed by atoms with E-state index in [2.05, 4.69) is 5.32 Å². The third-order valence-corrected chi connectivity index (χ3v) is 5.80. The molecule has 1 aliphatic rings. The standard InChI is InChI=1S/C22H31Cl2N3O4/c1-14(25-19(28)16-9-6-10-17(23)18(16)24)20(29)27-11-7-8-15(13-27)12-26(5)21(30)31-22(2,3)4/h6,9-10,14-15H,7-8,11-13H2,1-5H3,(H,25,28). The maximum absolute atomic E-state index is 12.9. The molecule has 1 saturated heterocycles. The van der Waals surface area contributed by atoms with Crippen molar-refractivity contribution < 1.29 is 19.1 Å². The minimum Gasteiger partial charge on any atom is -0.444 e. The number of nitrogens with one attached hydrogen (secondary N) is 1. The summed E-state index contributed by atoms with van der Waals surface area (Å²) in [5.74, 6) is -0.483. The van der Waals surface area contributed by atoms with Crippen molar-refractivity contribution in [2.24, 2.45) is 5.92 Å². The van der Waals surface area contributed by atoms with Crippen LogP contribution in [0.25, 0.3) is 0 Å². The summed E-state index contributed by atoms with van der Waals surface area (Å²) in [6, 6.07) is 4.07. The second-order valence-corrected chi connectivity index (χ2v) is 9.74. The van der Waals surface area contributed by atoms with E-state index in [1.807, 2.05) is 20.8 Å². The maximum Gasteiger partial charge on any atom is 0.410 e. The molecule has 1 aromatic carbocycles. The molecule has 0 bridgehead atoms. The molecule has 1 N–H and O–H groups in total. The zero-order valence-electron chi connectivity index (χ0n) is 18.7. The van der Waals surface area contributed by atoms with Gasteiger partial charge in [-0.05, 0) is 58.6 Å². The first kappa shape index (κ1) is 25.3. The summed E-state index contributed by atoms with van der Waals surface area (Å²) in [4.78, 5) is 41.0. The molecule has 1 heterocycles. The highest BCUT2D eigenvalue weighted by atomic mass is 35.5. The molecular weight excluding hydrogens is 441 g/mol. The molecular formula is C22H31Cl2N3O4. The fraction of sp³-hybridized carbons (Fsp3) is 0.591. The zero-order chi connectivity index (χ0) is 23.3. The van der Waals surface area contributed by atoms with Gasteiger partial charge in [-0.15, -0.1) is 0 Å². The Labute approximate surface area is 194 Å². The molecule has 31 heavy (non-hydrogen) atoms. The molecule has 0 saturated carbocycles. The van der Waals surface area contributed by atoms with Crippen LogP contribution in [-0.4, -0.2) is 66.0 Å². The average Bonchev–Trinajstić information content (AvgIpc) is 2.68. The van der Waals surface area contributed by atoms with Crippen LogP contribution in [0.1, 0.15) is 50.9 Å². The first-order chi connectivity index (χ1) is 14.4. The number of nitrogens with zero attached hydrogens (tertiary/aromatic N) is 2. The van der Waals surface area contributed by atoms with Gasteiger partial charge in [-0.2, -0.15) is 0 Å². The van der Waals surface area contributed by atoms with E-state index in [1.54, 1.807) is 42.0 Å². The lowest BCUT2D eigenvalue weighted by atomic mass is 9.97. The number of carbonyl (C=O) groups excluding carboxylic acids is 3. The molecule has 2 rings (SSSR count). The van der Waals surface area contributed by atoms with Crippen molar-refractivity contribution in [2.75, 3.05) is 26.7 Å². The summed E-state index contributed by atoms with van der Waals surface area (Å²) in [7, 11) is 1.70. The van der Waals surface area contributed by atoms with E-state index in [0.717, 1.165) is 12.8 Å². The Kier molecular flexibility index (Phi) is 8.60. The minimum absolute atomic E-state index is 0.139. The van der Waals surface area contributed by atoms with Gasteiger partial charge in [-0.25, -0.2) is 4.79 Å². The molecule has 0 radical (unpaired) electrons. The number of likely N-dealkylation sites (tertiary alicyclic amines) is 1. The van der Waals surface area contributed by atoms with E-state index >= 15 is 0 Å². The summed E-state index contributed by atoms with van der Waals surface area (Å²) < 4.78 is 5.40. The van der Waals surface area contributed by atoms with E-state index in [0.29, 0.717) is 19.6 Å². The number of halogens is 2. The molecule has 172 valence electrons. The lowest BCUT2D eigenvalue weighted by molar-refractivity contribution is -0.134. The maximum atomic E-state index is 12.9. The van der Waals surface area contributed by atoms with Gasteiger partial charge in [0.25, 0.3) is 5.91 Å². The van der Waals surface area contributed by atoms with Crippen LogP contribution in [-0.2, 0) is 9.53 Å². The van der Waals surface area contributed by atoms with Crippen molar-refractivity contribution in [3.05, 3.63) is 33.8 Å². The number of amides is 3. The Balaban J connectivity index is 1.93. The molecule has 3 amide bonds. The molecule has 2 atom stereocenters. The van der Waals surface area contributed by atoms with Gasteiger partial charge in [-0.3, -0.25) is 9.59 Å². The summed E-state index contributed by atoms with van der Waals surface area (Å²) in [5.41, 5.74) is -0.330. The van der Waals surface area contributed by atoms with Gasteiger partial charge >= 0.3 is 6.09 Å². The van der Waals surface area contributed by atoms with Gasteiger partial charge in [-0.1, -0.05) is 29.3 Å². The third-order valence-electron chi connectivity index (χ3n) is 4.98. The van der Waals surface area contributed by atoms with Crippen LogP contribution in [0, 0.1) is 5.92 Å². The summed E-state index contributed by atoms with van der Waals surface area (Å²) in [5, 5.41) is 3.14. The van der Waals surface area contributed by atoms with Crippen LogP contribution in [0.3, 0.4) is 0 Å². The highest BCUT2D eigenvalue weighted by molar-refractivity contribution is 6.43. The molecule has 0 aliphatic carbocycles. The van der Waals surface area contributed by atoms with Crippen LogP contribution < -0.4 is 5.32 Å². The third kappa shape index (κ3) is 7.28. The topological polar surface area (TPSA) is 79.0 Å². The quantitative estimate of drug-likeness (QED) is 0.696. The molecule has 9 heteroatoms. The Morgan fingerprint density at radius 1 is 1.29 bits per heavy atom. The van der Waals surface area contributed by atoms with E-state index in [9.17, 15) is 14.4 Å². The lowest BCUT2D eigenvalue weighted by Crippen LogP contribution is -2.51. The smallest absolute Gasteiger partial charge is 0.410 e. The SMILES string of the molecule is CC(NC(=O)c1cccc(Cl)c1Cl)C(=O)N1CCCC(CN(C)C(=O)OC(C)(C)C)C1. The highest BCUT2D eigenvalue weighted by Crippen LogP contribution is 2.25. The normalized spacial score (nSPS) is 17.6. The van der Waals surface area contributed by atoms with E-state index in [-0.39, 0.29) is 33.5 Å². The molecule has 1 aliphatic heterocycles. The zero-order valence-corrected chi connectivity index (χ0v) is 20.2. The molecule has 2 unspecified atom stereocenters. The second-order valence-electron chi connectivity index (χ2n) is 8.95. The number of benzene rings is 1. The van der Waals surface area contributed by atoms with Crippen LogP contribution in [0.4, 0.5) is 4.79 Å². The van der Waals surface area contributed by atoms with E-state index in [4.69, 9.17) is 27.9 Å². The van der Waals surface area contributed by atoms with Crippen molar-refractivity contribution >= 4 is 41.1 Å². The van der Waals surface area contributed by atoms with Crippen molar-refractivity contribution in [3.63, 3.8) is 0 Å². The van der Waals surface area contributed by atoms with Crippen LogP contribution in [0.5, 0.6) is 0 Å². The van der Waals surface area contributed by atoms with Gasteiger partial charge in [0.05, 0.1) is 15.6 Å². The van der Waals surface area contributed by atoms with Gasteiger partial charge < -0.3 is 19.9 Å². The average molecular weight is 472 g/mol. The van der Waals surface area contributed by atoms with Crippen LogP contribution >= 0.6 is 23.2 Å². The lowest BCUT2D eigenvalue weighted by Gasteiger charge is -2.36. The minimum atomic E-state index is -0.718. The fourth-order valence-corrected chi connectivity index (χ4v) is 3.89. The number of hydrogen-bond donors (Lipinski definition) is 1. The number of hydrogen-bond acceptors (Lipinski definition) is 4. The molecule has 1 aromatic rings.